The highest BCUT2D eigenvalue weighted by Gasteiger charge is 2.11. The molecule has 16 heavy (non-hydrogen) atoms. The summed E-state index contributed by atoms with van der Waals surface area (Å²) in [7, 11) is -3.05. The molecule has 0 bridgehead atoms. The van der Waals surface area contributed by atoms with Gasteiger partial charge in [0, 0.05) is 23.8 Å². The van der Waals surface area contributed by atoms with Gasteiger partial charge in [-0.3, -0.25) is 0 Å². The van der Waals surface area contributed by atoms with Crippen LogP contribution in [0.15, 0.2) is 28.9 Å². The second kappa shape index (κ2) is 3.92. The van der Waals surface area contributed by atoms with E-state index in [4.69, 9.17) is 10.2 Å². The maximum atomic E-state index is 11.2. The Morgan fingerprint density at radius 1 is 1.38 bits per heavy atom. The standard InChI is InChI=1S/C11H13NO3S/c1-16(13,14)7-9-6-15-11-3-2-8(5-12)4-10(9)11/h2-4,6H,5,7,12H2,1H3. The average Bonchev–Trinajstić information content (AvgIpc) is 2.58. The maximum Gasteiger partial charge on any atom is 0.151 e. The summed E-state index contributed by atoms with van der Waals surface area (Å²) in [6.45, 7) is 0.430. The molecule has 0 fully saturated rings. The first kappa shape index (κ1) is 11.2. The number of sulfone groups is 1. The summed E-state index contributed by atoms with van der Waals surface area (Å²) in [5.41, 5.74) is 7.88. The molecule has 4 nitrogen and oxygen atoms in total. The zero-order valence-corrected chi connectivity index (χ0v) is 9.75. The topological polar surface area (TPSA) is 73.3 Å². The van der Waals surface area contributed by atoms with Gasteiger partial charge in [0.05, 0.1) is 12.0 Å². The Labute approximate surface area is 94.0 Å². The summed E-state index contributed by atoms with van der Waals surface area (Å²) in [6.07, 6.45) is 2.70. The Morgan fingerprint density at radius 2 is 2.12 bits per heavy atom. The first-order valence-corrected chi connectivity index (χ1v) is 6.92. The lowest BCUT2D eigenvalue weighted by Crippen LogP contribution is -2.00. The zero-order valence-electron chi connectivity index (χ0n) is 8.93. The molecule has 0 radical (unpaired) electrons. The molecule has 0 unspecified atom stereocenters. The lowest BCUT2D eigenvalue weighted by Gasteiger charge is -1.98. The van der Waals surface area contributed by atoms with Crippen molar-refractivity contribution in [1.82, 2.24) is 0 Å². The normalized spacial score (nSPS) is 12.1. The Morgan fingerprint density at radius 3 is 2.75 bits per heavy atom. The molecule has 1 aromatic heterocycles. The van der Waals surface area contributed by atoms with Crippen molar-refractivity contribution >= 4 is 20.8 Å². The second-order valence-electron chi connectivity index (χ2n) is 3.87. The van der Waals surface area contributed by atoms with E-state index in [-0.39, 0.29) is 5.75 Å². The fourth-order valence-corrected chi connectivity index (χ4v) is 2.44. The highest BCUT2D eigenvalue weighted by Crippen LogP contribution is 2.23. The van der Waals surface area contributed by atoms with Crippen LogP contribution in [0.2, 0.25) is 0 Å². The van der Waals surface area contributed by atoms with Gasteiger partial charge < -0.3 is 10.2 Å². The van der Waals surface area contributed by atoms with Crippen molar-refractivity contribution in [2.24, 2.45) is 5.73 Å². The number of hydrogen-bond acceptors (Lipinski definition) is 4. The number of benzene rings is 1. The predicted octanol–water partition coefficient (Wildman–Crippen LogP) is 1.44. The lowest BCUT2D eigenvalue weighted by atomic mass is 10.1. The van der Waals surface area contributed by atoms with Gasteiger partial charge in [-0.1, -0.05) is 6.07 Å². The smallest absolute Gasteiger partial charge is 0.151 e. The van der Waals surface area contributed by atoms with Crippen molar-refractivity contribution < 1.29 is 12.8 Å². The molecule has 0 aliphatic rings. The van der Waals surface area contributed by atoms with Gasteiger partial charge in [-0.2, -0.15) is 0 Å². The van der Waals surface area contributed by atoms with E-state index < -0.39 is 9.84 Å². The van der Waals surface area contributed by atoms with Gasteiger partial charge in [0.25, 0.3) is 0 Å². The monoisotopic (exact) mass is 239 g/mol. The van der Waals surface area contributed by atoms with Crippen molar-refractivity contribution in [2.45, 2.75) is 12.3 Å². The van der Waals surface area contributed by atoms with Gasteiger partial charge in [-0.05, 0) is 17.7 Å². The fraction of sp³-hybridized carbons (Fsp3) is 0.273. The average molecular weight is 239 g/mol. The van der Waals surface area contributed by atoms with Crippen LogP contribution in [0.5, 0.6) is 0 Å². The minimum absolute atomic E-state index is 0.00593. The largest absolute Gasteiger partial charge is 0.464 e. The predicted molar refractivity (Wildman–Crippen MR) is 62.7 cm³/mol. The molecule has 0 aliphatic carbocycles. The molecule has 1 aromatic carbocycles. The number of hydrogen-bond donors (Lipinski definition) is 1. The van der Waals surface area contributed by atoms with E-state index in [0.717, 1.165) is 10.9 Å². The highest BCUT2D eigenvalue weighted by molar-refractivity contribution is 7.89. The molecule has 0 saturated heterocycles. The first-order chi connectivity index (χ1) is 7.49. The van der Waals surface area contributed by atoms with E-state index in [2.05, 4.69) is 0 Å². The third-order valence-electron chi connectivity index (χ3n) is 2.37. The summed E-state index contributed by atoms with van der Waals surface area (Å²) >= 11 is 0. The molecule has 2 rings (SSSR count). The van der Waals surface area contributed by atoms with Crippen LogP contribution in [0, 0.1) is 0 Å². The molecular formula is C11H13NO3S. The molecule has 0 atom stereocenters. The summed E-state index contributed by atoms with van der Waals surface area (Å²) in [5, 5.41) is 0.827. The molecular weight excluding hydrogens is 226 g/mol. The maximum absolute atomic E-state index is 11.2. The number of nitrogens with two attached hydrogens (primary N) is 1. The fourth-order valence-electron chi connectivity index (χ4n) is 1.65. The second-order valence-corrected chi connectivity index (χ2v) is 6.01. The van der Waals surface area contributed by atoms with Crippen LogP contribution >= 0.6 is 0 Å². The quantitative estimate of drug-likeness (QED) is 0.879. The van der Waals surface area contributed by atoms with Gasteiger partial charge in [0.2, 0.25) is 0 Å². The van der Waals surface area contributed by atoms with Crippen LogP contribution in [0.1, 0.15) is 11.1 Å². The van der Waals surface area contributed by atoms with E-state index in [9.17, 15) is 8.42 Å². The van der Waals surface area contributed by atoms with Crippen LogP contribution in [-0.2, 0) is 22.1 Å². The van der Waals surface area contributed by atoms with Crippen molar-refractivity contribution in [1.29, 1.82) is 0 Å². The Hall–Kier alpha value is -1.33. The molecule has 5 heteroatoms. The molecule has 0 aliphatic heterocycles. The van der Waals surface area contributed by atoms with E-state index in [1.807, 2.05) is 18.2 Å². The van der Waals surface area contributed by atoms with Gasteiger partial charge in [-0.25, -0.2) is 8.42 Å². The molecule has 2 aromatic rings. The van der Waals surface area contributed by atoms with E-state index >= 15 is 0 Å². The molecule has 0 amide bonds. The lowest BCUT2D eigenvalue weighted by molar-refractivity contribution is 0.596. The van der Waals surface area contributed by atoms with Crippen LogP contribution in [0.25, 0.3) is 11.0 Å². The van der Waals surface area contributed by atoms with E-state index in [1.165, 1.54) is 12.5 Å². The van der Waals surface area contributed by atoms with Crippen LogP contribution in [-0.4, -0.2) is 14.7 Å². The molecule has 1 heterocycles. The Kier molecular flexibility index (Phi) is 2.73. The van der Waals surface area contributed by atoms with Crippen molar-refractivity contribution in [2.75, 3.05) is 6.26 Å². The summed E-state index contributed by atoms with van der Waals surface area (Å²) in [6, 6.07) is 5.55. The minimum atomic E-state index is -3.05. The zero-order chi connectivity index (χ0) is 11.8. The van der Waals surface area contributed by atoms with Crippen molar-refractivity contribution in [3.05, 3.63) is 35.6 Å². The molecule has 0 spiro atoms. The highest BCUT2D eigenvalue weighted by atomic mass is 32.2. The van der Waals surface area contributed by atoms with Gasteiger partial charge in [0.15, 0.2) is 9.84 Å². The molecule has 2 N–H and O–H groups in total. The van der Waals surface area contributed by atoms with Crippen LogP contribution < -0.4 is 5.73 Å². The summed E-state index contributed by atoms with van der Waals surface area (Å²) in [5.74, 6) is -0.00593. The number of fused-ring (bicyclic) bond motifs is 1. The first-order valence-electron chi connectivity index (χ1n) is 4.86. The Bertz CT molecular complexity index is 613. The third kappa shape index (κ3) is 2.25. The van der Waals surface area contributed by atoms with E-state index in [1.54, 1.807) is 0 Å². The van der Waals surface area contributed by atoms with Crippen molar-refractivity contribution in [3.8, 4) is 0 Å². The molecule has 86 valence electrons. The van der Waals surface area contributed by atoms with E-state index in [0.29, 0.717) is 17.7 Å². The molecule has 0 saturated carbocycles. The minimum Gasteiger partial charge on any atom is -0.464 e. The third-order valence-corrected chi connectivity index (χ3v) is 3.21. The number of furan rings is 1. The van der Waals surface area contributed by atoms with Crippen molar-refractivity contribution in [3.63, 3.8) is 0 Å². The summed E-state index contributed by atoms with van der Waals surface area (Å²) < 4.78 is 27.7. The van der Waals surface area contributed by atoms with Gasteiger partial charge in [-0.15, -0.1) is 0 Å². The van der Waals surface area contributed by atoms with Crippen LogP contribution in [0.4, 0.5) is 0 Å². The summed E-state index contributed by atoms with van der Waals surface area (Å²) in [4.78, 5) is 0. The van der Waals surface area contributed by atoms with Crippen LogP contribution in [0.3, 0.4) is 0 Å². The SMILES string of the molecule is CS(=O)(=O)Cc1coc2ccc(CN)cc12. The Balaban J connectivity index is 2.54. The number of rotatable bonds is 3. The van der Waals surface area contributed by atoms with Gasteiger partial charge >= 0.3 is 0 Å². The van der Waals surface area contributed by atoms with Gasteiger partial charge in [0.1, 0.15) is 5.58 Å².